The lowest BCUT2D eigenvalue weighted by molar-refractivity contribution is -0.115. The van der Waals surface area contributed by atoms with Crippen LogP contribution >= 0.6 is 0 Å². The Bertz CT molecular complexity index is 621. The fourth-order valence-electron chi connectivity index (χ4n) is 2.05. The van der Waals surface area contributed by atoms with Crippen LogP contribution in [-0.4, -0.2) is 13.0 Å². The van der Waals surface area contributed by atoms with Gasteiger partial charge in [-0.05, 0) is 41.8 Å². The largest absolute Gasteiger partial charge is 0.497 e. The topological polar surface area (TPSA) is 64.3 Å². The number of ether oxygens (including phenoxy) is 1. The number of amides is 1. The number of carbonyl (C=O) groups excluding carboxylic acids is 1. The first kappa shape index (κ1) is 15.1. The number of carbonyl (C=O) groups is 1. The van der Waals surface area contributed by atoms with Gasteiger partial charge in [-0.25, -0.2) is 0 Å². The SMILES string of the molecule is COc1ccc(CC(=O)Nc2cc(CN)ccc2C)cc1. The summed E-state index contributed by atoms with van der Waals surface area (Å²) in [6, 6.07) is 13.3. The molecule has 2 aromatic rings. The molecule has 21 heavy (non-hydrogen) atoms. The minimum Gasteiger partial charge on any atom is -0.497 e. The van der Waals surface area contributed by atoms with E-state index in [2.05, 4.69) is 5.32 Å². The van der Waals surface area contributed by atoms with Gasteiger partial charge in [0.1, 0.15) is 5.75 Å². The maximum atomic E-state index is 12.1. The van der Waals surface area contributed by atoms with Crippen LogP contribution in [0.5, 0.6) is 5.75 Å². The highest BCUT2D eigenvalue weighted by molar-refractivity contribution is 5.93. The summed E-state index contributed by atoms with van der Waals surface area (Å²) in [4.78, 5) is 12.1. The highest BCUT2D eigenvalue weighted by Crippen LogP contribution is 2.17. The standard InChI is InChI=1S/C17H20N2O2/c1-12-3-4-14(11-18)9-16(12)19-17(20)10-13-5-7-15(21-2)8-6-13/h3-9H,10-11,18H2,1-2H3,(H,19,20). The smallest absolute Gasteiger partial charge is 0.228 e. The molecule has 2 rings (SSSR count). The molecule has 3 N–H and O–H groups in total. The van der Waals surface area contributed by atoms with Crippen LogP contribution in [0.4, 0.5) is 5.69 Å². The Balaban J connectivity index is 2.04. The summed E-state index contributed by atoms with van der Waals surface area (Å²) in [5, 5.41) is 2.94. The maximum absolute atomic E-state index is 12.1. The van der Waals surface area contributed by atoms with E-state index in [1.165, 1.54) is 0 Å². The summed E-state index contributed by atoms with van der Waals surface area (Å²) in [6.07, 6.45) is 0.330. The van der Waals surface area contributed by atoms with Gasteiger partial charge in [-0.1, -0.05) is 24.3 Å². The van der Waals surface area contributed by atoms with E-state index in [0.717, 1.165) is 28.1 Å². The lowest BCUT2D eigenvalue weighted by Crippen LogP contribution is -2.15. The first-order chi connectivity index (χ1) is 10.1. The maximum Gasteiger partial charge on any atom is 0.228 e. The third-order valence-electron chi connectivity index (χ3n) is 3.34. The second-order valence-corrected chi connectivity index (χ2v) is 4.93. The van der Waals surface area contributed by atoms with Gasteiger partial charge in [-0.2, -0.15) is 0 Å². The molecule has 0 atom stereocenters. The van der Waals surface area contributed by atoms with Gasteiger partial charge in [-0.3, -0.25) is 4.79 Å². The zero-order valence-electron chi connectivity index (χ0n) is 12.3. The molecule has 0 saturated heterocycles. The molecule has 0 unspecified atom stereocenters. The number of aryl methyl sites for hydroxylation is 1. The molecular formula is C17H20N2O2. The van der Waals surface area contributed by atoms with Crippen LogP contribution in [0.15, 0.2) is 42.5 Å². The van der Waals surface area contributed by atoms with E-state index < -0.39 is 0 Å². The van der Waals surface area contributed by atoms with Gasteiger partial charge in [0.25, 0.3) is 0 Å². The van der Waals surface area contributed by atoms with Crippen molar-refractivity contribution < 1.29 is 9.53 Å². The Morgan fingerprint density at radius 1 is 1.14 bits per heavy atom. The van der Waals surface area contributed by atoms with Crippen LogP contribution < -0.4 is 15.8 Å². The number of methoxy groups -OCH3 is 1. The van der Waals surface area contributed by atoms with Crippen LogP contribution in [0.3, 0.4) is 0 Å². The molecule has 0 spiro atoms. The molecular weight excluding hydrogens is 264 g/mol. The zero-order chi connectivity index (χ0) is 15.2. The Morgan fingerprint density at radius 2 is 1.81 bits per heavy atom. The van der Waals surface area contributed by atoms with Gasteiger partial charge in [0.2, 0.25) is 5.91 Å². The van der Waals surface area contributed by atoms with Crippen molar-refractivity contribution in [3.05, 3.63) is 59.2 Å². The quantitative estimate of drug-likeness (QED) is 0.887. The minimum absolute atomic E-state index is 0.0440. The molecule has 0 aliphatic rings. The zero-order valence-corrected chi connectivity index (χ0v) is 12.3. The van der Waals surface area contributed by atoms with Crippen LogP contribution in [0, 0.1) is 6.92 Å². The normalized spacial score (nSPS) is 10.2. The van der Waals surface area contributed by atoms with E-state index in [4.69, 9.17) is 10.5 Å². The monoisotopic (exact) mass is 284 g/mol. The first-order valence-corrected chi connectivity index (χ1v) is 6.84. The average molecular weight is 284 g/mol. The van der Waals surface area contributed by atoms with Crippen LogP contribution in [0.1, 0.15) is 16.7 Å². The summed E-state index contributed by atoms with van der Waals surface area (Å²) in [7, 11) is 1.62. The molecule has 1 amide bonds. The third-order valence-corrected chi connectivity index (χ3v) is 3.34. The molecule has 0 saturated carbocycles. The van der Waals surface area contributed by atoms with Crippen molar-refractivity contribution in [2.45, 2.75) is 19.9 Å². The van der Waals surface area contributed by atoms with Crippen LogP contribution in [0.25, 0.3) is 0 Å². The number of rotatable bonds is 5. The molecule has 0 fully saturated rings. The molecule has 0 bridgehead atoms. The van der Waals surface area contributed by atoms with Crippen molar-refractivity contribution >= 4 is 11.6 Å². The molecule has 0 heterocycles. The van der Waals surface area contributed by atoms with Crippen molar-refractivity contribution in [3.8, 4) is 5.75 Å². The fraction of sp³-hybridized carbons (Fsp3) is 0.235. The Labute approximate surface area is 124 Å². The number of hydrogen-bond donors (Lipinski definition) is 2. The summed E-state index contributed by atoms with van der Waals surface area (Å²) >= 11 is 0. The number of nitrogens with two attached hydrogens (primary N) is 1. The molecule has 4 nitrogen and oxygen atoms in total. The molecule has 0 aliphatic carbocycles. The molecule has 0 radical (unpaired) electrons. The second-order valence-electron chi connectivity index (χ2n) is 4.93. The summed E-state index contributed by atoms with van der Waals surface area (Å²) in [5.74, 6) is 0.739. The van der Waals surface area contributed by atoms with Crippen molar-refractivity contribution in [1.29, 1.82) is 0 Å². The summed E-state index contributed by atoms with van der Waals surface area (Å²) < 4.78 is 5.10. The van der Waals surface area contributed by atoms with Crippen LogP contribution in [0.2, 0.25) is 0 Å². The number of benzene rings is 2. The number of anilines is 1. The van der Waals surface area contributed by atoms with E-state index in [1.54, 1.807) is 7.11 Å². The molecule has 2 aromatic carbocycles. The van der Waals surface area contributed by atoms with Gasteiger partial charge in [0, 0.05) is 12.2 Å². The third kappa shape index (κ3) is 4.07. The second kappa shape index (κ2) is 6.90. The van der Waals surface area contributed by atoms with E-state index >= 15 is 0 Å². The van der Waals surface area contributed by atoms with Crippen molar-refractivity contribution in [3.63, 3.8) is 0 Å². The molecule has 0 aliphatic heterocycles. The van der Waals surface area contributed by atoms with E-state index in [-0.39, 0.29) is 5.91 Å². The minimum atomic E-state index is -0.0440. The summed E-state index contributed by atoms with van der Waals surface area (Å²) in [5.41, 5.74) is 9.41. The van der Waals surface area contributed by atoms with Gasteiger partial charge in [0.05, 0.1) is 13.5 Å². The van der Waals surface area contributed by atoms with Crippen molar-refractivity contribution in [2.75, 3.05) is 12.4 Å². The Hall–Kier alpha value is -2.33. The Morgan fingerprint density at radius 3 is 2.43 bits per heavy atom. The van der Waals surface area contributed by atoms with Gasteiger partial charge < -0.3 is 15.8 Å². The van der Waals surface area contributed by atoms with E-state index in [9.17, 15) is 4.79 Å². The Kier molecular flexibility index (Phi) is 4.95. The van der Waals surface area contributed by atoms with Crippen molar-refractivity contribution in [1.82, 2.24) is 0 Å². The lowest BCUT2D eigenvalue weighted by Gasteiger charge is -2.10. The average Bonchev–Trinajstić information content (AvgIpc) is 2.50. The number of hydrogen-bond acceptors (Lipinski definition) is 3. The van der Waals surface area contributed by atoms with Crippen LogP contribution in [-0.2, 0) is 17.8 Å². The highest BCUT2D eigenvalue weighted by atomic mass is 16.5. The molecule has 110 valence electrons. The first-order valence-electron chi connectivity index (χ1n) is 6.84. The summed E-state index contributed by atoms with van der Waals surface area (Å²) in [6.45, 7) is 2.42. The van der Waals surface area contributed by atoms with Crippen molar-refractivity contribution in [2.24, 2.45) is 5.73 Å². The van der Waals surface area contributed by atoms with Gasteiger partial charge >= 0.3 is 0 Å². The fourth-order valence-corrected chi connectivity index (χ4v) is 2.05. The number of nitrogens with one attached hydrogen (secondary N) is 1. The lowest BCUT2D eigenvalue weighted by atomic mass is 10.1. The predicted octanol–water partition coefficient (Wildman–Crippen LogP) is 2.64. The van der Waals surface area contributed by atoms with E-state index in [1.807, 2.05) is 49.4 Å². The van der Waals surface area contributed by atoms with Gasteiger partial charge in [0.15, 0.2) is 0 Å². The highest BCUT2D eigenvalue weighted by Gasteiger charge is 2.07. The van der Waals surface area contributed by atoms with Gasteiger partial charge in [-0.15, -0.1) is 0 Å². The van der Waals surface area contributed by atoms with E-state index in [0.29, 0.717) is 13.0 Å². The molecule has 4 heteroatoms. The molecule has 0 aromatic heterocycles. The predicted molar refractivity (Wildman–Crippen MR) is 84.4 cm³/mol.